The Bertz CT molecular complexity index is 537. The van der Waals surface area contributed by atoms with Crippen LogP contribution in [0.4, 0.5) is 0 Å². The van der Waals surface area contributed by atoms with Gasteiger partial charge in [0, 0.05) is 6.54 Å². The van der Waals surface area contributed by atoms with Gasteiger partial charge in [0.05, 0.1) is 17.8 Å². The highest BCUT2D eigenvalue weighted by Gasteiger charge is 2.08. The molecule has 1 heterocycles. The number of benzene rings is 1. The molecule has 0 spiro atoms. The van der Waals surface area contributed by atoms with E-state index in [1.807, 2.05) is 18.2 Å². The maximum absolute atomic E-state index is 11.6. The van der Waals surface area contributed by atoms with E-state index < -0.39 is 0 Å². The SMILES string of the molecule is COc1ccc(CNC(=O)c2ccco2)cc1Br. The third-order valence-corrected chi connectivity index (χ3v) is 3.03. The number of halogens is 1. The third kappa shape index (κ3) is 2.92. The summed E-state index contributed by atoms with van der Waals surface area (Å²) in [4.78, 5) is 11.6. The monoisotopic (exact) mass is 309 g/mol. The minimum atomic E-state index is -0.230. The average Bonchev–Trinajstić information content (AvgIpc) is 2.90. The van der Waals surface area contributed by atoms with Crippen LogP contribution in [0.3, 0.4) is 0 Å². The quantitative estimate of drug-likeness (QED) is 0.944. The van der Waals surface area contributed by atoms with Crippen molar-refractivity contribution >= 4 is 21.8 Å². The second-order valence-electron chi connectivity index (χ2n) is 3.63. The van der Waals surface area contributed by atoms with E-state index in [1.165, 1.54) is 6.26 Å². The highest BCUT2D eigenvalue weighted by atomic mass is 79.9. The standard InChI is InChI=1S/C13H12BrNO3/c1-17-11-5-4-9(7-10(11)14)8-15-13(16)12-3-2-6-18-12/h2-7H,8H2,1H3,(H,15,16). The topological polar surface area (TPSA) is 51.5 Å². The van der Waals surface area contributed by atoms with Gasteiger partial charge in [-0.15, -0.1) is 0 Å². The first kappa shape index (κ1) is 12.7. The zero-order chi connectivity index (χ0) is 13.0. The molecule has 0 radical (unpaired) electrons. The fraction of sp³-hybridized carbons (Fsp3) is 0.154. The van der Waals surface area contributed by atoms with Crippen LogP contribution in [-0.4, -0.2) is 13.0 Å². The van der Waals surface area contributed by atoms with Crippen LogP contribution in [0.25, 0.3) is 0 Å². The summed E-state index contributed by atoms with van der Waals surface area (Å²) in [7, 11) is 1.61. The van der Waals surface area contributed by atoms with Gasteiger partial charge in [-0.25, -0.2) is 0 Å². The second kappa shape index (κ2) is 5.73. The van der Waals surface area contributed by atoms with E-state index in [2.05, 4.69) is 21.2 Å². The first-order valence-electron chi connectivity index (χ1n) is 5.35. The molecule has 2 aromatic rings. The van der Waals surface area contributed by atoms with Crippen LogP contribution in [0.2, 0.25) is 0 Å². The molecule has 1 amide bonds. The number of hydrogen-bond donors (Lipinski definition) is 1. The van der Waals surface area contributed by atoms with Crippen LogP contribution >= 0.6 is 15.9 Å². The van der Waals surface area contributed by atoms with E-state index in [0.717, 1.165) is 15.8 Å². The number of methoxy groups -OCH3 is 1. The van der Waals surface area contributed by atoms with Gasteiger partial charge in [0.1, 0.15) is 5.75 Å². The number of nitrogens with one attached hydrogen (secondary N) is 1. The molecular formula is C13H12BrNO3. The normalized spacial score (nSPS) is 10.1. The fourth-order valence-electron chi connectivity index (χ4n) is 1.50. The molecule has 0 fully saturated rings. The lowest BCUT2D eigenvalue weighted by Gasteiger charge is -2.07. The Kier molecular flexibility index (Phi) is 4.04. The van der Waals surface area contributed by atoms with Crippen molar-refractivity contribution in [2.24, 2.45) is 0 Å². The first-order valence-corrected chi connectivity index (χ1v) is 6.14. The number of ether oxygens (including phenoxy) is 1. The van der Waals surface area contributed by atoms with Crippen LogP contribution in [0.15, 0.2) is 45.5 Å². The van der Waals surface area contributed by atoms with Crippen LogP contribution in [0, 0.1) is 0 Å². The Labute approximate surface area is 113 Å². The van der Waals surface area contributed by atoms with E-state index in [-0.39, 0.29) is 5.91 Å². The summed E-state index contributed by atoms with van der Waals surface area (Å²) in [5.41, 5.74) is 0.975. The van der Waals surface area contributed by atoms with Crippen LogP contribution in [0.1, 0.15) is 16.1 Å². The van der Waals surface area contributed by atoms with Crippen molar-refractivity contribution in [2.45, 2.75) is 6.54 Å². The number of furan rings is 1. The lowest BCUT2D eigenvalue weighted by molar-refractivity contribution is 0.0923. The summed E-state index contributed by atoms with van der Waals surface area (Å²) in [6.07, 6.45) is 1.47. The highest BCUT2D eigenvalue weighted by molar-refractivity contribution is 9.10. The van der Waals surface area contributed by atoms with Crippen LogP contribution < -0.4 is 10.1 Å². The van der Waals surface area contributed by atoms with Crippen LogP contribution in [-0.2, 0) is 6.54 Å². The molecule has 1 aromatic heterocycles. The molecule has 0 aliphatic heterocycles. The van der Waals surface area contributed by atoms with Crippen molar-refractivity contribution in [3.63, 3.8) is 0 Å². The van der Waals surface area contributed by atoms with Gasteiger partial charge < -0.3 is 14.5 Å². The van der Waals surface area contributed by atoms with Crippen molar-refractivity contribution in [1.29, 1.82) is 0 Å². The lowest BCUT2D eigenvalue weighted by Crippen LogP contribution is -2.22. The van der Waals surface area contributed by atoms with Crippen molar-refractivity contribution in [2.75, 3.05) is 7.11 Å². The van der Waals surface area contributed by atoms with Gasteiger partial charge in [-0.05, 0) is 45.8 Å². The Morgan fingerprint density at radius 3 is 2.89 bits per heavy atom. The molecule has 0 saturated heterocycles. The molecule has 0 atom stereocenters. The Hall–Kier alpha value is -1.75. The Morgan fingerprint density at radius 2 is 2.28 bits per heavy atom. The number of carbonyl (C=O) groups is 1. The Balaban J connectivity index is 1.98. The zero-order valence-electron chi connectivity index (χ0n) is 9.77. The summed E-state index contributed by atoms with van der Waals surface area (Å²) in [6, 6.07) is 8.95. The van der Waals surface area contributed by atoms with Crippen molar-refractivity contribution in [3.8, 4) is 5.75 Å². The van der Waals surface area contributed by atoms with E-state index in [0.29, 0.717) is 12.3 Å². The van der Waals surface area contributed by atoms with Gasteiger partial charge in [-0.2, -0.15) is 0 Å². The molecule has 0 aliphatic carbocycles. The smallest absolute Gasteiger partial charge is 0.287 e. The zero-order valence-corrected chi connectivity index (χ0v) is 11.4. The maximum Gasteiger partial charge on any atom is 0.287 e. The number of hydrogen-bond acceptors (Lipinski definition) is 3. The molecular weight excluding hydrogens is 298 g/mol. The van der Waals surface area contributed by atoms with E-state index in [9.17, 15) is 4.79 Å². The molecule has 0 saturated carbocycles. The molecule has 2 rings (SSSR count). The predicted molar refractivity (Wildman–Crippen MR) is 70.6 cm³/mol. The highest BCUT2D eigenvalue weighted by Crippen LogP contribution is 2.25. The lowest BCUT2D eigenvalue weighted by atomic mass is 10.2. The van der Waals surface area contributed by atoms with Gasteiger partial charge >= 0.3 is 0 Å². The van der Waals surface area contributed by atoms with Crippen molar-refractivity contribution in [1.82, 2.24) is 5.32 Å². The summed E-state index contributed by atoms with van der Waals surface area (Å²) < 4.78 is 11.0. The van der Waals surface area contributed by atoms with Gasteiger partial charge in [0.2, 0.25) is 0 Å². The molecule has 0 bridgehead atoms. The second-order valence-corrected chi connectivity index (χ2v) is 4.48. The first-order chi connectivity index (χ1) is 8.70. The number of amides is 1. The molecule has 1 N–H and O–H groups in total. The van der Waals surface area contributed by atoms with Gasteiger partial charge in [0.15, 0.2) is 5.76 Å². The fourth-order valence-corrected chi connectivity index (χ4v) is 2.09. The van der Waals surface area contributed by atoms with Gasteiger partial charge in [0.25, 0.3) is 5.91 Å². The minimum Gasteiger partial charge on any atom is -0.496 e. The van der Waals surface area contributed by atoms with E-state index in [4.69, 9.17) is 9.15 Å². The summed E-state index contributed by atoms with van der Waals surface area (Å²) in [6.45, 7) is 0.433. The minimum absolute atomic E-state index is 0.230. The van der Waals surface area contributed by atoms with Crippen LogP contribution in [0.5, 0.6) is 5.75 Å². The van der Waals surface area contributed by atoms with Crippen molar-refractivity contribution < 1.29 is 13.9 Å². The molecule has 18 heavy (non-hydrogen) atoms. The molecule has 4 nitrogen and oxygen atoms in total. The summed E-state index contributed by atoms with van der Waals surface area (Å²) >= 11 is 3.40. The molecule has 94 valence electrons. The Morgan fingerprint density at radius 1 is 1.44 bits per heavy atom. The predicted octanol–water partition coefficient (Wildman–Crippen LogP) is 2.98. The molecule has 0 unspecified atom stereocenters. The average molecular weight is 310 g/mol. The summed E-state index contributed by atoms with van der Waals surface area (Å²) in [5.74, 6) is 0.839. The third-order valence-electron chi connectivity index (χ3n) is 2.41. The largest absolute Gasteiger partial charge is 0.496 e. The number of carbonyl (C=O) groups excluding carboxylic acids is 1. The van der Waals surface area contributed by atoms with Gasteiger partial charge in [-0.1, -0.05) is 6.07 Å². The van der Waals surface area contributed by atoms with Crippen molar-refractivity contribution in [3.05, 3.63) is 52.4 Å². The maximum atomic E-state index is 11.6. The van der Waals surface area contributed by atoms with E-state index in [1.54, 1.807) is 19.2 Å². The van der Waals surface area contributed by atoms with E-state index >= 15 is 0 Å². The molecule has 1 aromatic carbocycles. The molecule has 0 aliphatic rings. The van der Waals surface area contributed by atoms with Gasteiger partial charge in [-0.3, -0.25) is 4.79 Å². The number of rotatable bonds is 4. The summed E-state index contributed by atoms with van der Waals surface area (Å²) in [5, 5.41) is 2.77. The molecule has 5 heteroatoms.